The molecular formula is C14H15BrN2O2S2. The predicted octanol–water partition coefficient (Wildman–Crippen LogP) is 2.21. The van der Waals surface area contributed by atoms with Crippen molar-refractivity contribution in [2.75, 3.05) is 23.0 Å². The average molecular weight is 387 g/mol. The van der Waals surface area contributed by atoms with Crippen molar-refractivity contribution in [2.45, 2.75) is 12.1 Å². The van der Waals surface area contributed by atoms with Crippen molar-refractivity contribution >= 4 is 48.8 Å². The van der Waals surface area contributed by atoms with Gasteiger partial charge in [0.05, 0.1) is 23.6 Å². The summed E-state index contributed by atoms with van der Waals surface area (Å²) in [6, 6.07) is 7.60. The first-order valence-corrected chi connectivity index (χ1v) is 9.62. The molecule has 0 aliphatic carbocycles. The summed E-state index contributed by atoms with van der Waals surface area (Å²) >= 11 is 8.98. The highest BCUT2D eigenvalue weighted by Gasteiger charge is 2.51. The van der Waals surface area contributed by atoms with E-state index < -0.39 is 9.84 Å². The van der Waals surface area contributed by atoms with Crippen LogP contribution in [0.5, 0.6) is 0 Å². The van der Waals surface area contributed by atoms with Crippen LogP contribution >= 0.6 is 28.1 Å². The number of benzene rings is 1. The van der Waals surface area contributed by atoms with Crippen LogP contribution in [0.2, 0.25) is 0 Å². The molecule has 2 fully saturated rings. The molecule has 1 aromatic rings. The zero-order valence-corrected chi connectivity index (χ0v) is 14.5. The molecule has 0 bridgehead atoms. The van der Waals surface area contributed by atoms with Gasteiger partial charge in [-0.15, -0.1) is 6.58 Å². The molecule has 2 saturated heterocycles. The zero-order chi connectivity index (χ0) is 15.2. The van der Waals surface area contributed by atoms with Gasteiger partial charge < -0.3 is 9.80 Å². The number of sulfone groups is 1. The smallest absolute Gasteiger partial charge is 0.177 e. The summed E-state index contributed by atoms with van der Waals surface area (Å²) in [7, 11) is -3.02. The predicted molar refractivity (Wildman–Crippen MR) is 92.4 cm³/mol. The maximum atomic E-state index is 12.0. The summed E-state index contributed by atoms with van der Waals surface area (Å²) in [6.45, 7) is 4.32. The monoisotopic (exact) mass is 386 g/mol. The second kappa shape index (κ2) is 5.37. The molecule has 0 unspecified atom stereocenters. The molecule has 2 aliphatic rings. The van der Waals surface area contributed by atoms with Gasteiger partial charge in [0.25, 0.3) is 0 Å². The van der Waals surface area contributed by atoms with Crippen molar-refractivity contribution in [3.8, 4) is 0 Å². The summed E-state index contributed by atoms with van der Waals surface area (Å²) in [5, 5.41) is 0.683. The van der Waals surface area contributed by atoms with Crippen LogP contribution < -0.4 is 4.90 Å². The van der Waals surface area contributed by atoms with Crippen LogP contribution in [0.4, 0.5) is 5.69 Å². The highest BCUT2D eigenvalue weighted by Crippen LogP contribution is 2.35. The lowest BCUT2D eigenvalue weighted by atomic mass is 10.1. The van der Waals surface area contributed by atoms with E-state index in [1.165, 1.54) is 0 Å². The normalized spacial score (nSPS) is 27.0. The van der Waals surface area contributed by atoms with E-state index in [4.69, 9.17) is 12.2 Å². The van der Waals surface area contributed by atoms with Crippen molar-refractivity contribution in [3.63, 3.8) is 0 Å². The first-order chi connectivity index (χ1) is 9.93. The molecule has 0 amide bonds. The molecule has 0 spiro atoms. The Labute approximate surface area is 138 Å². The standard InChI is InChI=1S/C14H15BrN2O2S2/c1-2-7-16-12-8-21(18,19)9-13(12)17(14(16)20)11-5-3-10(15)4-6-11/h2-6,12-13H,1,7-9H2/t12-,13+/m0/s1. The van der Waals surface area contributed by atoms with Gasteiger partial charge in [-0.05, 0) is 36.5 Å². The van der Waals surface area contributed by atoms with Crippen LogP contribution in [0.3, 0.4) is 0 Å². The first kappa shape index (κ1) is 15.0. The molecule has 0 saturated carbocycles. The molecule has 21 heavy (non-hydrogen) atoms. The molecule has 112 valence electrons. The van der Waals surface area contributed by atoms with Crippen LogP contribution in [0.15, 0.2) is 41.4 Å². The third kappa shape index (κ3) is 2.62. The fourth-order valence-electron chi connectivity index (χ4n) is 3.03. The highest BCUT2D eigenvalue weighted by atomic mass is 79.9. The van der Waals surface area contributed by atoms with Crippen LogP contribution in [0, 0.1) is 0 Å². The van der Waals surface area contributed by atoms with Gasteiger partial charge in [-0.1, -0.05) is 22.0 Å². The number of fused-ring (bicyclic) bond motifs is 1. The minimum atomic E-state index is -3.02. The van der Waals surface area contributed by atoms with E-state index in [0.29, 0.717) is 11.7 Å². The van der Waals surface area contributed by atoms with E-state index in [1.54, 1.807) is 6.08 Å². The lowest BCUT2D eigenvalue weighted by Gasteiger charge is -2.25. The Morgan fingerprint density at radius 3 is 2.52 bits per heavy atom. The summed E-state index contributed by atoms with van der Waals surface area (Å²) in [5.41, 5.74) is 0.932. The SMILES string of the molecule is C=CCN1C(=S)N(c2ccc(Br)cc2)[C@@H]2CS(=O)(=O)C[C@@H]21. The Bertz CT molecular complexity index is 687. The summed E-state index contributed by atoms with van der Waals surface area (Å²) in [5.74, 6) is 0.320. The Balaban J connectivity index is 2.01. The number of nitrogens with zero attached hydrogens (tertiary/aromatic N) is 2. The van der Waals surface area contributed by atoms with E-state index in [2.05, 4.69) is 22.5 Å². The van der Waals surface area contributed by atoms with E-state index >= 15 is 0 Å². The second-order valence-corrected chi connectivity index (χ2v) is 8.72. The zero-order valence-electron chi connectivity index (χ0n) is 11.3. The highest BCUT2D eigenvalue weighted by molar-refractivity contribution is 9.10. The van der Waals surface area contributed by atoms with Gasteiger partial charge in [-0.2, -0.15) is 0 Å². The Morgan fingerprint density at radius 2 is 1.90 bits per heavy atom. The Kier molecular flexibility index (Phi) is 3.83. The van der Waals surface area contributed by atoms with Gasteiger partial charge >= 0.3 is 0 Å². The lowest BCUT2D eigenvalue weighted by Crippen LogP contribution is -2.37. The molecule has 2 heterocycles. The summed E-state index contributed by atoms with van der Waals surface area (Å²) in [4.78, 5) is 3.94. The Hall–Kier alpha value is -0.920. The van der Waals surface area contributed by atoms with Crippen molar-refractivity contribution in [1.29, 1.82) is 0 Å². The van der Waals surface area contributed by atoms with Crippen LogP contribution in [0.25, 0.3) is 0 Å². The molecule has 2 atom stereocenters. The van der Waals surface area contributed by atoms with Crippen molar-refractivity contribution in [3.05, 3.63) is 41.4 Å². The maximum absolute atomic E-state index is 12.0. The summed E-state index contributed by atoms with van der Waals surface area (Å²) in [6.07, 6.45) is 1.76. The molecular weight excluding hydrogens is 372 g/mol. The second-order valence-electron chi connectivity index (χ2n) is 5.28. The number of hydrogen-bond donors (Lipinski definition) is 0. The lowest BCUT2D eigenvalue weighted by molar-refractivity contribution is 0.389. The van der Waals surface area contributed by atoms with E-state index in [9.17, 15) is 8.42 Å². The van der Waals surface area contributed by atoms with Crippen molar-refractivity contribution < 1.29 is 8.42 Å². The van der Waals surface area contributed by atoms with Crippen LogP contribution in [0.1, 0.15) is 0 Å². The van der Waals surface area contributed by atoms with Gasteiger partial charge in [0.1, 0.15) is 0 Å². The maximum Gasteiger partial charge on any atom is 0.177 e. The number of rotatable bonds is 3. The van der Waals surface area contributed by atoms with E-state index in [0.717, 1.165) is 10.2 Å². The molecule has 3 rings (SSSR count). The van der Waals surface area contributed by atoms with Crippen LogP contribution in [-0.4, -0.2) is 48.6 Å². The minimum absolute atomic E-state index is 0.0795. The third-order valence-electron chi connectivity index (χ3n) is 3.91. The van der Waals surface area contributed by atoms with Gasteiger partial charge in [0, 0.05) is 16.7 Å². The minimum Gasteiger partial charge on any atom is -0.339 e. The van der Waals surface area contributed by atoms with Gasteiger partial charge in [0.15, 0.2) is 14.9 Å². The topological polar surface area (TPSA) is 40.6 Å². The quantitative estimate of drug-likeness (QED) is 0.588. The van der Waals surface area contributed by atoms with Gasteiger partial charge in [-0.25, -0.2) is 8.42 Å². The number of hydrogen-bond acceptors (Lipinski definition) is 3. The fraction of sp³-hybridized carbons (Fsp3) is 0.357. The molecule has 1 aromatic carbocycles. The van der Waals surface area contributed by atoms with Crippen molar-refractivity contribution in [2.24, 2.45) is 0 Å². The van der Waals surface area contributed by atoms with Crippen molar-refractivity contribution in [1.82, 2.24) is 4.90 Å². The number of thiocarbonyl (C=S) groups is 1. The molecule has 0 radical (unpaired) electrons. The van der Waals surface area contributed by atoms with Gasteiger partial charge in [-0.3, -0.25) is 0 Å². The molecule has 7 heteroatoms. The van der Waals surface area contributed by atoms with E-state index in [-0.39, 0.29) is 23.6 Å². The Morgan fingerprint density at radius 1 is 1.29 bits per heavy atom. The molecule has 2 aliphatic heterocycles. The molecule has 0 N–H and O–H groups in total. The first-order valence-electron chi connectivity index (χ1n) is 6.59. The number of anilines is 1. The summed E-state index contributed by atoms with van der Waals surface area (Å²) < 4.78 is 25.0. The molecule has 4 nitrogen and oxygen atoms in total. The largest absolute Gasteiger partial charge is 0.339 e. The van der Waals surface area contributed by atoms with Gasteiger partial charge in [0.2, 0.25) is 0 Å². The molecule has 0 aromatic heterocycles. The van der Waals surface area contributed by atoms with E-state index in [1.807, 2.05) is 34.1 Å². The fourth-order valence-corrected chi connectivity index (χ4v) is 5.70. The third-order valence-corrected chi connectivity index (χ3v) is 6.57. The average Bonchev–Trinajstić information content (AvgIpc) is 2.84. The number of halogens is 1. The van der Waals surface area contributed by atoms with Crippen LogP contribution in [-0.2, 0) is 9.84 Å².